The van der Waals surface area contributed by atoms with Gasteiger partial charge in [-0.15, -0.1) is 0 Å². The molecule has 4 rings (SSSR count). The van der Waals surface area contributed by atoms with Gasteiger partial charge in [-0.05, 0) is 40.8 Å². The van der Waals surface area contributed by atoms with Gasteiger partial charge in [0.2, 0.25) is 0 Å². The molecule has 7 heteroatoms. The zero-order valence-electron chi connectivity index (χ0n) is 14.1. The van der Waals surface area contributed by atoms with E-state index in [1.165, 1.54) is 6.07 Å². The van der Waals surface area contributed by atoms with E-state index in [2.05, 4.69) is 59.7 Å². The smallest absolute Gasteiger partial charge is 0.128 e. The van der Waals surface area contributed by atoms with E-state index in [-0.39, 0.29) is 11.9 Å². The third kappa shape index (κ3) is 3.59. The second-order valence-electron chi connectivity index (χ2n) is 6.31. The Morgan fingerprint density at radius 2 is 1.85 bits per heavy atom. The fourth-order valence-corrected chi connectivity index (χ4v) is 3.78. The minimum Gasteiger partial charge on any atom is -0.354 e. The number of rotatable bonds is 4. The second kappa shape index (κ2) is 7.71. The van der Waals surface area contributed by atoms with Crippen LogP contribution in [0, 0.1) is 9.39 Å². The predicted octanol–water partition coefficient (Wildman–Crippen LogP) is 3.46. The number of aromatic nitrogens is 3. The molecule has 2 aromatic heterocycles. The van der Waals surface area contributed by atoms with Crippen LogP contribution in [0.15, 0.2) is 55.0 Å². The highest BCUT2D eigenvalue weighted by molar-refractivity contribution is 14.1. The average Bonchev–Trinajstić information content (AvgIpc) is 3.19. The first-order valence-electron chi connectivity index (χ1n) is 8.56. The Kier molecular flexibility index (Phi) is 5.16. The summed E-state index contributed by atoms with van der Waals surface area (Å²) in [7, 11) is 0. The lowest BCUT2D eigenvalue weighted by atomic mass is 9.98. The van der Waals surface area contributed by atoms with Gasteiger partial charge in [0.1, 0.15) is 11.6 Å². The molecule has 0 aliphatic carbocycles. The van der Waals surface area contributed by atoms with Gasteiger partial charge in [-0.1, -0.05) is 18.2 Å². The fourth-order valence-electron chi connectivity index (χ4n) is 3.46. The molecule has 1 saturated heterocycles. The maximum atomic E-state index is 14.5. The third-order valence-electron chi connectivity index (χ3n) is 4.75. The van der Waals surface area contributed by atoms with Crippen LogP contribution in [0.5, 0.6) is 0 Å². The van der Waals surface area contributed by atoms with Crippen LogP contribution >= 0.6 is 22.6 Å². The van der Waals surface area contributed by atoms with Crippen molar-refractivity contribution >= 4 is 28.4 Å². The van der Waals surface area contributed by atoms with Gasteiger partial charge in [0, 0.05) is 53.3 Å². The lowest BCUT2D eigenvalue weighted by molar-refractivity contribution is 0.208. The van der Waals surface area contributed by atoms with Crippen molar-refractivity contribution in [1.82, 2.24) is 20.1 Å². The first-order valence-corrected chi connectivity index (χ1v) is 9.64. The summed E-state index contributed by atoms with van der Waals surface area (Å²) in [6, 6.07) is 11.0. The van der Waals surface area contributed by atoms with Crippen molar-refractivity contribution in [3.05, 3.63) is 75.5 Å². The number of halogens is 2. The summed E-state index contributed by atoms with van der Waals surface area (Å²) in [4.78, 5) is 9.11. The molecule has 0 radical (unpaired) electrons. The van der Waals surface area contributed by atoms with Crippen LogP contribution in [0.3, 0.4) is 0 Å². The van der Waals surface area contributed by atoms with Crippen LogP contribution in [0.4, 0.5) is 10.2 Å². The van der Waals surface area contributed by atoms with Crippen LogP contribution in [-0.4, -0.2) is 46.3 Å². The van der Waals surface area contributed by atoms with Gasteiger partial charge in [0.15, 0.2) is 0 Å². The van der Waals surface area contributed by atoms with Crippen molar-refractivity contribution in [1.29, 1.82) is 0 Å². The predicted molar refractivity (Wildman–Crippen MR) is 108 cm³/mol. The fraction of sp³-hybridized carbons (Fsp3) is 0.263. The van der Waals surface area contributed by atoms with Gasteiger partial charge < -0.3 is 4.90 Å². The maximum absolute atomic E-state index is 14.5. The summed E-state index contributed by atoms with van der Waals surface area (Å²) in [6.45, 7) is 3.38. The molecule has 134 valence electrons. The molecule has 1 unspecified atom stereocenters. The van der Waals surface area contributed by atoms with Gasteiger partial charge in [-0.3, -0.25) is 10.00 Å². The Morgan fingerprint density at radius 1 is 1.04 bits per heavy atom. The first-order chi connectivity index (χ1) is 12.7. The number of pyridine rings is 1. The number of piperazine rings is 1. The summed E-state index contributed by atoms with van der Waals surface area (Å²) in [6.07, 6.45) is 5.52. The highest BCUT2D eigenvalue weighted by Crippen LogP contribution is 2.31. The molecule has 3 aromatic rings. The minimum atomic E-state index is -0.180. The number of anilines is 1. The highest BCUT2D eigenvalue weighted by Gasteiger charge is 2.29. The normalized spacial score (nSPS) is 16.6. The molecule has 0 bridgehead atoms. The largest absolute Gasteiger partial charge is 0.354 e. The Labute approximate surface area is 165 Å². The molecule has 5 nitrogen and oxygen atoms in total. The van der Waals surface area contributed by atoms with E-state index in [1.807, 2.05) is 24.5 Å². The summed E-state index contributed by atoms with van der Waals surface area (Å²) in [5, 5.41) is 6.93. The Balaban J connectivity index is 1.55. The average molecular weight is 463 g/mol. The zero-order valence-corrected chi connectivity index (χ0v) is 16.3. The molecule has 26 heavy (non-hydrogen) atoms. The number of nitrogens with zero attached hydrogens (tertiary/aromatic N) is 4. The van der Waals surface area contributed by atoms with E-state index < -0.39 is 0 Å². The SMILES string of the molecule is Fc1ccccc1C(c1cn[nH]c1)N1CCN(c2ccc(I)cn2)CC1. The monoisotopic (exact) mass is 463 g/mol. The maximum Gasteiger partial charge on any atom is 0.128 e. The van der Waals surface area contributed by atoms with Gasteiger partial charge in [-0.2, -0.15) is 5.10 Å². The molecule has 1 aromatic carbocycles. The quantitative estimate of drug-likeness (QED) is 0.603. The third-order valence-corrected chi connectivity index (χ3v) is 5.39. The minimum absolute atomic E-state index is 0.137. The number of hydrogen-bond donors (Lipinski definition) is 1. The van der Waals surface area contributed by atoms with Crippen molar-refractivity contribution in [3.8, 4) is 0 Å². The molecule has 0 spiro atoms. The Hall–Kier alpha value is -2.00. The van der Waals surface area contributed by atoms with E-state index in [1.54, 1.807) is 12.3 Å². The lowest BCUT2D eigenvalue weighted by Crippen LogP contribution is -2.48. The summed E-state index contributed by atoms with van der Waals surface area (Å²) in [5.74, 6) is 0.816. The molecule has 1 fully saturated rings. The molecule has 1 aliphatic heterocycles. The number of benzene rings is 1. The Bertz CT molecular complexity index is 845. The zero-order chi connectivity index (χ0) is 17.9. The topological polar surface area (TPSA) is 48.1 Å². The number of aromatic amines is 1. The standard InChI is InChI=1S/C19H19FIN5/c20-17-4-2-1-3-16(17)19(14-11-23-24-12-14)26-9-7-25(8-10-26)18-6-5-15(21)13-22-18/h1-6,11-13,19H,7-10H2,(H,23,24). The summed E-state index contributed by atoms with van der Waals surface area (Å²) >= 11 is 2.26. The molecule has 3 heterocycles. The van der Waals surface area contributed by atoms with Gasteiger partial charge in [0.25, 0.3) is 0 Å². The van der Waals surface area contributed by atoms with Crippen LogP contribution < -0.4 is 4.90 Å². The molecule has 1 N–H and O–H groups in total. The number of nitrogens with one attached hydrogen (secondary N) is 1. The molecule has 1 atom stereocenters. The van der Waals surface area contributed by atoms with Gasteiger partial charge in [-0.25, -0.2) is 9.37 Å². The molecule has 0 saturated carbocycles. The first kappa shape index (κ1) is 17.4. The summed E-state index contributed by atoms with van der Waals surface area (Å²) in [5.41, 5.74) is 1.67. The van der Waals surface area contributed by atoms with E-state index in [0.717, 1.165) is 41.1 Å². The van der Waals surface area contributed by atoms with E-state index >= 15 is 0 Å². The van der Waals surface area contributed by atoms with Crippen molar-refractivity contribution in [3.63, 3.8) is 0 Å². The van der Waals surface area contributed by atoms with Crippen LogP contribution in [-0.2, 0) is 0 Å². The van der Waals surface area contributed by atoms with Gasteiger partial charge in [0.05, 0.1) is 12.2 Å². The highest BCUT2D eigenvalue weighted by atomic mass is 127. The molecular formula is C19H19FIN5. The summed E-state index contributed by atoms with van der Waals surface area (Å²) < 4.78 is 15.6. The van der Waals surface area contributed by atoms with Crippen LogP contribution in [0.25, 0.3) is 0 Å². The molecular weight excluding hydrogens is 444 g/mol. The van der Waals surface area contributed by atoms with Crippen molar-refractivity contribution in [2.45, 2.75) is 6.04 Å². The number of hydrogen-bond acceptors (Lipinski definition) is 4. The van der Waals surface area contributed by atoms with E-state index in [4.69, 9.17) is 0 Å². The van der Waals surface area contributed by atoms with Crippen molar-refractivity contribution < 1.29 is 4.39 Å². The molecule has 1 aliphatic rings. The number of H-pyrrole nitrogens is 1. The van der Waals surface area contributed by atoms with Crippen molar-refractivity contribution in [2.24, 2.45) is 0 Å². The Morgan fingerprint density at radius 3 is 2.50 bits per heavy atom. The van der Waals surface area contributed by atoms with Crippen molar-refractivity contribution in [2.75, 3.05) is 31.1 Å². The van der Waals surface area contributed by atoms with E-state index in [9.17, 15) is 4.39 Å². The molecule has 0 amide bonds. The van der Waals surface area contributed by atoms with Crippen LogP contribution in [0.1, 0.15) is 17.2 Å². The lowest BCUT2D eigenvalue weighted by Gasteiger charge is -2.39. The van der Waals surface area contributed by atoms with Gasteiger partial charge >= 0.3 is 0 Å². The second-order valence-corrected chi connectivity index (χ2v) is 7.56. The van der Waals surface area contributed by atoms with E-state index in [0.29, 0.717) is 5.56 Å². The van der Waals surface area contributed by atoms with Crippen LogP contribution in [0.2, 0.25) is 0 Å².